The van der Waals surface area contributed by atoms with E-state index < -0.39 is 6.16 Å². The van der Waals surface area contributed by atoms with Crippen molar-refractivity contribution in [3.63, 3.8) is 0 Å². The molecule has 0 heterocycles. The van der Waals surface area contributed by atoms with Crippen molar-refractivity contribution in [1.82, 2.24) is 0 Å². The zero-order valence-electron chi connectivity index (χ0n) is 3.29. The third-order valence-electron chi connectivity index (χ3n) is 0. The third-order valence-corrected chi connectivity index (χ3v) is 0. The molecule has 0 aromatic rings. The molecule has 0 fully saturated rings. The van der Waals surface area contributed by atoms with Gasteiger partial charge < -0.3 is 10.2 Å². The normalized spacial score (nSPS) is 3.43. The second-order valence-corrected chi connectivity index (χ2v) is 0.283. The van der Waals surface area contributed by atoms with Crippen molar-refractivity contribution in [2.45, 2.75) is 0 Å². The molecule has 0 aliphatic heterocycles. The Kier molecular flexibility index (Phi) is 51.3. The Morgan fingerprint density at radius 1 is 1.29 bits per heavy atom. The zero-order valence-corrected chi connectivity index (χ0v) is 11.0. The summed E-state index contributed by atoms with van der Waals surface area (Å²) in [5, 5.41) is 13.9. The van der Waals surface area contributed by atoms with Crippen LogP contribution in [0, 0.1) is 82.1 Å². The molecule has 0 aromatic carbocycles. The van der Waals surface area contributed by atoms with Gasteiger partial charge in [-0.2, -0.15) is 0 Å². The molecule has 6 heteroatoms. The fourth-order valence-electron chi connectivity index (χ4n) is 0. The Bertz CT molecular complexity index is 37.9. The van der Waals surface area contributed by atoms with Crippen LogP contribution in [0.5, 0.6) is 0 Å². The fourth-order valence-corrected chi connectivity index (χ4v) is 0. The Morgan fingerprint density at radius 2 is 1.29 bits per heavy atom. The molecule has 0 saturated carbocycles. The van der Waals surface area contributed by atoms with Gasteiger partial charge in [0, 0.05) is 82.1 Å². The number of hydrogen-bond acceptors (Lipinski definition) is 1. The van der Waals surface area contributed by atoms with Gasteiger partial charge in [0.1, 0.15) is 0 Å². The van der Waals surface area contributed by atoms with Crippen LogP contribution in [0.25, 0.3) is 0 Å². The summed E-state index contributed by atoms with van der Waals surface area (Å²) in [4.78, 5) is 8.56. The van der Waals surface area contributed by atoms with Crippen LogP contribution in [0.3, 0.4) is 0 Å². The number of rotatable bonds is 0. The van der Waals surface area contributed by atoms with E-state index in [1.807, 2.05) is 0 Å². The first kappa shape index (κ1) is 22.8. The third kappa shape index (κ3) is 63.0. The summed E-state index contributed by atoms with van der Waals surface area (Å²) in [6.07, 6.45) is -1.83. The van der Waals surface area contributed by atoms with Crippen LogP contribution in [0.1, 0.15) is 0 Å². The predicted molar refractivity (Wildman–Crippen MR) is 17.9 cm³/mol. The van der Waals surface area contributed by atoms with E-state index in [0.717, 1.165) is 0 Å². The van der Waals surface area contributed by atoms with Gasteiger partial charge in [0.25, 0.3) is 0 Å². The Hall–Kier alpha value is 2.27. The quantitative estimate of drug-likeness (QED) is 0.646. The first-order valence-corrected chi connectivity index (χ1v) is 0.651. The van der Waals surface area contributed by atoms with Gasteiger partial charge in [-0.1, -0.05) is 0 Å². The van der Waals surface area contributed by atoms with Gasteiger partial charge in [-0.15, -0.1) is 12.4 Å². The molecule has 1 radical (unpaired) electrons. The van der Waals surface area contributed by atoms with Crippen LogP contribution < -0.4 is 0 Å². The summed E-state index contributed by atoms with van der Waals surface area (Å²) < 4.78 is 0. The standard InChI is InChI=1S/CH2O3.ClH.Nd.Pr/c2-1(3)4;;;/h(H2,2,3,4);1H;;. The summed E-state index contributed by atoms with van der Waals surface area (Å²) >= 11 is 0. The monoisotopic (exact) mass is 381 g/mol. The molecule has 7 heavy (non-hydrogen) atoms. The molecular formula is CH3ClNdO3Pr. The molecule has 0 atom stereocenters. The minimum Gasteiger partial charge on any atom is -0.450 e. The maximum absolute atomic E-state index is 8.56. The average molecular weight is 384 g/mol. The maximum Gasteiger partial charge on any atom is 0.503 e. The molecule has 0 aliphatic rings. The molecule has 0 aliphatic carbocycles. The maximum atomic E-state index is 8.56. The van der Waals surface area contributed by atoms with E-state index in [9.17, 15) is 0 Å². The van der Waals surface area contributed by atoms with Gasteiger partial charge in [-0.05, 0) is 0 Å². The van der Waals surface area contributed by atoms with Gasteiger partial charge in [0.05, 0.1) is 0 Å². The van der Waals surface area contributed by atoms with Crippen LogP contribution in [0.4, 0.5) is 4.79 Å². The van der Waals surface area contributed by atoms with Crippen LogP contribution in [-0.2, 0) is 0 Å². The Labute approximate surface area is 113 Å². The summed E-state index contributed by atoms with van der Waals surface area (Å²) in [6, 6.07) is 0. The number of carbonyl (C=O) groups is 1. The van der Waals surface area contributed by atoms with Crippen LogP contribution in [-0.4, -0.2) is 16.4 Å². The molecule has 2 N–H and O–H groups in total. The number of halogens is 1. The molecule has 39 valence electrons. The van der Waals surface area contributed by atoms with Crippen LogP contribution >= 0.6 is 12.4 Å². The van der Waals surface area contributed by atoms with Crippen molar-refractivity contribution >= 4 is 18.6 Å². The Balaban J connectivity index is -0.0000000150. The molecule has 0 spiro atoms. The average Bonchev–Trinajstić information content (AvgIpc) is 0.811. The SMILES string of the molecule is Cl.O=C(O)O.[Nd].[Pr]. The molecule has 0 bridgehead atoms. The van der Waals surface area contributed by atoms with Crippen molar-refractivity contribution in [1.29, 1.82) is 0 Å². The summed E-state index contributed by atoms with van der Waals surface area (Å²) in [6.45, 7) is 0. The van der Waals surface area contributed by atoms with E-state index in [4.69, 9.17) is 15.0 Å². The zero-order chi connectivity index (χ0) is 3.58. The van der Waals surface area contributed by atoms with Gasteiger partial charge in [0.2, 0.25) is 0 Å². The fraction of sp³-hybridized carbons (Fsp3) is 0. The van der Waals surface area contributed by atoms with Crippen LogP contribution in [0.15, 0.2) is 0 Å². The second kappa shape index (κ2) is 15.7. The smallest absolute Gasteiger partial charge is 0.450 e. The number of hydrogen-bond donors (Lipinski definition) is 2. The van der Waals surface area contributed by atoms with E-state index in [2.05, 4.69) is 0 Å². The first-order chi connectivity index (χ1) is 1.73. The molecule has 0 amide bonds. The van der Waals surface area contributed by atoms with Gasteiger partial charge in [-0.25, -0.2) is 4.79 Å². The van der Waals surface area contributed by atoms with E-state index in [1.54, 1.807) is 0 Å². The van der Waals surface area contributed by atoms with Gasteiger partial charge >= 0.3 is 6.16 Å². The van der Waals surface area contributed by atoms with Crippen molar-refractivity contribution in [3.05, 3.63) is 0 Å². The first-order valence-electron chi connectivity index (χ1n) is 0.651. The molecule has 0 rings (SSSR count). The number of carboxylic acid groups (broad SMARTS) is 2. The predicted octanol–water partition coefficient (Wildman–Crippen LogP) is 0.644. The Morgan fingerprint density at radius 3 is 1.29 bits per heavy atom. The van der Waals surface area contributed by atoms with E-state index in [1.165, 1.54) is 0 Å². The second-order valence-electron chi connectivity index (χ2n) is 0.283. The van der Waals surface area contributed by atoms with Crippen molar-refractivity contribution in [3.8, 4) is 0 Å². The largest absolute Gasteiger partial charge is 0.503 e. The molecule has 3 nitrogen and oxygen atoms in total. The summed E-state index contributed by atoms with van der Waals surface area (Å²) in [7, 11) is 0. The summed E-state index contributed by atoms with van der Waals surface area (Å²) in [5.74, 6) is 0. The molecule has 0 aromatic heterocycles. The minimum absolute atomic E-state index is 0. The minimum atomic E-state index is -1.83. The van der Waals surface area contributed by atoms with Gasteiger partial charge in [-0.3, -0.25) is 0 Å². The van der Waals surface area contributed by atoms with Gasteiger partial charge in [0.15, 0.2) is 0 Å². The van der Waals surface area contributed by atoms with Crippen molar-refractivity contribution in [2.75, 3.05) is 0 Å². The molecule has 0 saturated heterocycles. The van der Waals surface area contributed by atoms with E-state index >= 15 is 0 Å². The summed E-state index contributed by atoms with van der Waals surface area (Å²) in [5.41, 5.74) is 0. The van der Waals surface area contributed by atoms with Crippen molar-refractivity contribution < 1.29 is 97.1 Å². The van der Waals surface area contributed by atoms with E-state index in [-0.39, 0.29) is 94.5 Å². The van der Waals surface area contributed by atoms with Crippen LogP contribution in [0.2, 0.25) is 0 Å². The van der Waals surface area contributed by atoms with Crippen molar-refractivity contribution in [2.24, 2.45) is 0 Å². The topological polar surface area (TPSA) is 57.5 Å². The molecular weight excluding hydrogens is 381 g/mol. The molecule has 0 unspecified atom stereocenters. The van der Waals surface area contributed by atoms with E-state index in [0.29, 0.717) is 0 Å².